The lowest BCUT2D eigenvalue weighted by atomic mass is 9.97. The molecular formula is C18H24N4O5SSi. The zero-order chi connectivity index (χ0) is 21.7. The van der Waals surface area contributed by atoms with Crippen molar-refractivity contribution in [1.82, 2.24) is 19.3 Å². The number of benzene rings is 1. The topological polar surface area (TPSA) is 111 Å². The Labute approximate surface area is 170 Å². The van der Waals surface area contributed by atoms with Gasteiger partial charge >= 0.3 is 5.97 Å². The molecule has 156 valence electrons. The van der Waals surface area contributed by atoms with Gasteiger partial charge in [-0.3, -0.25) is 4.79 Å². The zero-order valence-corrected chi connectivity index (χ0v) is 19.1. The van der Waals surface area contributed by atoms with Gasteiger partial charge in [0.2, 0.25) is 0 Å². The number of rotatable bonds is 5. The van der Waals surface area contributed by atoms with E-state index in [4.69, 9.17) is 4.74 Å². The fourth-order valence-electron chi connectivity index (χ4n) is 3.30. The molecule has 0 aliphatic carbocycles. The summed E-state index contributed by atoms with van der Waals surface area (Å²) in [7, 11) is -4.92. The van der Waals surface area contributed by atoms with Crippen LogP contribution in [0, 0.1) is 0 Å². The summed E-state index contributed by atoms with van der Waals surface area (Å²) in [5.74, 6) is -1.33. The van der Waals surface area contributed by atoms with Gasteiger partial charge < -0.3 is 4.74 Å². The molecule has 0 saturated carbocycles. The highest BCUT2D eigenvalue weighted by Gasteiger charge is 2.44. The smallest absolute Gasteiger partial charge is 0.357 e. The average Bonchev–Trinajstić information content (AvgIpc) is 3.15. The van der Waals surface area contributed by atoms with E-state index in [9.17, 15) is 18.0 Å². The van der Waals surface area contributed by atoms with Gasteiger partial charge in [-0.2, -0.15) is 0 Å². The third-order valence-electron chi connectivity index (χ3n) is 4.78. The number of hydrogen-bond donors (Lipinski definition) is 0. The first-order chi connectivity index (χ1) is 13.4. The number of methoxy groups -OCH3 is 1. The van der Waals surface area contributed by atoms with Gasteiger partial charge in [-0.05, 0) is 17.5 Å². The fourth-order valence-corrected chi connectivity index (χ4v) is 6.11. The van der Waals surface area contributed by atoms with Crippen molar-refractivity contribution >= 4 is 35.3 Å². The molecule has 2 aromatic rings. The minimum absolute atomic E-state index is 0.0282. The summed E-state index contributed by atoms with van der Waals surface area (Å²) < 4.78 is 32.9. The molecule has 1 aromatic carbocycles. The van der Waals surface area contributed by atoms with Crippen LogP contribution in [-0.2, 0) is 21.4 Å². The van der Waals surface area contributed by atoms with Crippen LogP contribution in [0.25, 0.3) is 0 Å². The molecule has 0 N–H and O–H groups in total. The van der Waals surface area contributed by atoms with Gasteiger partial charge in [-0.1, -0.05) is 50.8 Å². The Morgan fingerprint density at radius 3 is 2.45 bits per heavy atom. The molecular weight excluding hydrogens is 412 g/mol. The first-order valence-electron chi connectivity index (χ1n) is 9.13. The molecule has 1 aliphatic heterocycles. The molecule has 0 spiro atoms. The molecule has 0 atom stereocenters. The van der Waals surface area contributed by atoms with Crippen molar-refractivity contribution in [3.05, 3.63) is 35.0 Å². The van der Waals surface area contributed by atoms with Crippen molar-refractivity contribution in [1.29, 1.82) is 0 Å². The van der Waals surface area contributed by atoms with E-state index >= 15 is 0 Å². The van der Waals surface area contributed by atoms with Crippen LogP contribution >= 0.6 is 0 Å². The number of ether oxygens (including phenoxy) is 1. The number of nitrogens with zero attached hydrogens (tertiary/aromatic N) is 4. The van der Waals surface area contributed by atoms with Gasteiger partial charge in [-0.15, -0.1) is 5.10 Å². The SMILES string of the molecule is COC(=O)c1c([Si](C)(C)C)nnn1CN1C(=O)c2c(C(C)C)cccc2S1(=O)=O. The predicted octanol–water partition coefficient (Wildman–Crippen LogP) is 1.54. The Kier molecular flexibility index (Phi) is 5.16. The molecule has 0 fully saturated rings. The number of fused-ring (bicyclic) bond motifs is 1. The molecule has 1 amide bonds. The summed E-state index contributed by atoms with van der Waals surface area (Å²) in [5, 5.41) is 8.58. The lowest BCUT2D eigenvalue weighted by molar-refractivity contribution is 0.0580. The maximum atomic E-state index is 13.1. The van der Waals surface area contributed by atoms with Gasteiger partial charge in [0, 0.05) is 0 Å². The maximum absolute atomic E-state index is 13.1. The van der Waals surface area contributed by atoms with Crippen molar-refractivity contribution < 1.29 is 22.7 Å². The highest BCUT2D eigenvalue weighted by Crippen LogP contribution is 2.35. The summed E-state index contributed by atoms with van der Waals surface area (Å²) in [6, 6.07) is 4.80. The zero-order valence-electron chi connectivity index (χ0n) is 17.3. The Bertz CT molecular complexity index is 1100. The van der Waals surface area contributed by atoms with Crippen molar-refractivity contribution in [2.24, 2.45) is 0 Å². The van der Waals surface area contributed by atoms with Gasteiger partial charge in [0.1, 0.15) is 19.6 Å². The Morgan fingerprint density at radius 2 is 1.90 bits per heavy atom. The van der Waals surface area contributed by atoms with E-state index < -0.39 is 36.6 Å². The largest absolute Gasteiger partial charge is 0.464 e. The van der Waals surface area contributed by atoms with E-state index in [0.29, 0.717) is 10.9 Å². The highest BCUT2D eigenvalue weighted by molar-refractivity contribution is 7.90. The van der Waals surface area contributed by atoms with Crippen LogP contribution < -0.4 is 5.32 Å². The molecule has 1 aromatic heterocycles. The number of aromatic nitrogens is 3. The summed E-state index contributed by atoms with van der Waals surface area (Å²) in [6.07, 6.45) is 0. The molecule has 9 nitrogen and oxygen atoms in total. The second kappa shape index (κ2) is 7.06. The van der Waals surface area contributed by atoms with Gasteiger partial charge in [0.15, 0.2) is 5.69 Å². The minimum Gasteiger partial charge on any atom is -0.464 e. The Morgan fingerprint density at radius 1 is 1.24 bits per heavy atom. The summed E-state index contributed by atoms with van der Waals surface area (Å²) in [4.78, 5) is 25.4. The molecule has 0 saturated heterocycles. The Balaban J connectivity index is 2.11. The summed E-state index contributed by atoms with van der Waals surface area (Å²) >= 11 is 0. The summed E-state index contributed by atoms with van der Waals surface area (Å²) in [5.41, 5.74) is 0.913. The lowest BCUT2D eigenvalue weighted by Crippen LogP contribution is -2.43. The normalized spacial score (nSPS) is 15.7. The highest BCUT2D eigenvalue weighted by atomic mass is 32.2. The van der Waals surface area contributed by atoms with Crippen LogP contribution in [0.1, 0.15) is 46.2 Å². The van der Waals surface area contributed by atoms with Crippen LogP contribution in [-0.4, -0.2) is 54.8 Å². The number of esters is 1. The van der Waals surface area contributed by atoms with Crippen molar-refractivity contribution in [2.45, 2.75) is 51.0 Å². The summed E-state index contributed by atoms with van der Waals surface area (Å²) in [6.45, 7) is 9.29. The van der Waals surface area contributed by atoms with Gasteiger partial charge in [0.05, 0.1) is 18.0 Å². The molecule has 29 heavy (non-hydrogen) atoms. The molecule has 0 bridgehead atoms. The van der Waals surface area contributed by atoms with E-state index in [0.717, 1.165) is 8.99 Å². The van der Waals surface area contributed by atoms with Crippen LogP contribution in [0.5, 0.6) is 0 Å². The molecule has 1 aliphatic rings. The van der Waals surface area contributed by atoms with Crippen LogP contribution in [0.4, 0.5) is 0 Å². The molecule has 0 radical (unpaired) electrons. The number of carbonyl (C=O) groups excluding carboxylic acids is 2. The van der Waals surface area contributed by atoms with Gasteiger partial charge in [-0.25, -0.2) is 22.2 Å². The molecule has 3 rings (SSSR count). The van der Waals surface area contributed by atoms with Crippen molar-refractivity contribution in [3.63, 3.8) is 0 Å². The molecule has 0 unspecified atom stereocenters. The predicted molar refractivity (Wildman–Crippen MR) is 108 cm³/mol. The van der Waals surface area contributed by atoms with E-state index in [1.165, 1.54) is 13.2 Å². The monoisotopic (exact) mass is 436 g/mol. The van der Waals surface area contributed by atoms with Crippen LogP contribution in [0.3, 0.4) is 0 Å². The minimum atomic E-state index is -4.07. The first-order valence-corrected chi connectivity index (χ1v) is 14.1. The Hall–Kier alpha value is -2.53. The molecule has 11 heteroatoms. The van der Waals surface area contributed by atoms with Crippen molar-refractivity contribution in [3.8, 4) is 0 Å². The van der Waals surface area contributed by atoms with E-state index in [-0.39, 0.29) is 22.1 Å². The number of sulfonamides is 1. The van der Waals surface area contributed by atoms with E-state index in [2.05, 4.69) is 10.3 Å². The lowest BCUT2D eigenvalue weighted by Gasteiger charge is -2.18. The number of carbonyl (C=O) groups is 2. The van der Waals surface area contributed by atoms with Crippen molar-refractivity contribution in [2.75, 3.05) is 7.11 Å². The third-order valence-corrected chi connectivity index (χ3v) is 8.29. The van der Waals surface area contributed by atoms with E-state index in [1.54, 1.807) is 12.1 Å². The fraction of sp³-hybridized carbons (Fsp3) is 0.444. The second-order valence-corrected chi connectivity index (χ2v) is 15.0. The standard InChI is InChI=1S/C18H24N4O5SSi/c1-11(2)12-8-7-9-13-14(12)17(23)22(28(13,25)26)10-21-15(18(24)27-3)16(19-20-21)29(4,5)6/h7-9,11H,10H2,1-6H3. The average molecular weight is 437 g/mol. The first kappa shape index (κ1) is 21.2. The molecule has 2 heterocycles. The maximum Gasteiger partial charge on any atom is 0.357 e. The number of amides is 1. The van der Waals surface area contributed by atoms with Crippen LogP contribution in [0.2, 0.25) is 19.6 Å². The number of hydrogen-bond acceptors (Lipinski definition) is 7. The quantitative estimate of drug-likeness (QED) is 0.516. The third kappa shape index (κ3) is 3.37. The van der Waals surface area contributed by atoms with E-state index in [1.807, 2.05) is 33.5 Å². The van der Waals surface area contributed by atoms with Gasteiger partial charge in [0.25, 0.3) is 15.9 Å². The van der Waals surface area contributed by atoms with Crippen LogP contribution in [0.15, 0.2) is 23.1 Å². The second-order valence-electron chi connectivity index (χ2n) is 8.20.